The van der Waals surface area contributed by atoms with E-state index in [4.69, 9.17) is 4.74 Å². The minimum Gasteiger partial charge on any atom is -0.453 e. The van der Waals surface area contributed by atoms with Gasteiger partial charge in [0, 0.05) is 30.4 Å². The maximum Gasteiger partial charge on any atom is 0.411 e. The molecule has 1 unspecified atom stereocenters. The number of nitrogens with one attached hydrogen (secondary N) is 3. The van der Waals surface area contributed by atoms with Crippen molar-refractivity contribution in [3.63, 3.8) is 0 Å². The van der Waals surface area contributed by atoms with Crippen molar-refractivity contribution in [2.75, 3.05) is 32.6 Å². The fraction of sp³-hybridized carbons (Fsp3) is 0.312. The average Bonchev–Trinajstić information content (AvgIpc) is 3.62. The molecule has 244 valence electrons. The van der Waals surface area contributed by atoms with E-state index in [1.165, 1.54) is 31.3 Å². The van der Waals surface area contributed by atoms with Crippen LogP contribution in [0.1, 0.15) is 42.1 Å². The molecule has 1 fully saturated rings. The fourth-order valence-electron chi connectivity index (χ4n) is 5.53. The number of H-pyrrole nitrogens is 1. The lowest BCUT2D eigenvalue weighted by Gasteiger charge is -2.33. The Bertz CT molecular complexity index is 1800. The molecule has 3 N–H and O–H groups in total. The number of likely N-dealkylation sites (tertiary alicyclic amines) is 1. The molecule has 0 spiro atoms. The van der Waals surface area contributed by atoms with E-state index in [0.29, 0.717) is 47.7 Å². The molecule has 0 bridgehead atoms. The summed E-state index contributed by atoms with van der Waals surface area (Å²) in [5, 5.41) is 23.9. The van der Waals surface area contributed by atoms with Crippen LogP contribution in [0.15, 0.2) is 65.7 Å². The Balaban J connectivity index is 1.42. The van der Waals surface area contributed by atoms with E-state index < -0.39 is 23.8 Å². The number of hydrogen-bond acceptors (Lipinski definition) is 10. The van der Waals surface area contributed by atoms with Gasteiger partial charge in [-0.25, -0.2) is 14.7 Å². The zero-order valence-electron chi connectivity index (χ0n) is 26.2. The van der Waals surface area contributed by atoms with Gasteiger partial charge in [0.1, 0.15) is 6.33 Å². The van der Waals surface area contributed by atoms with Gasteiger partial charge in [0.05, 0.1) is 37.2 Å². The summed E-state index contributed by atoms with van der Waals surface area (Å²) in [5.74, 6) is -0.353. The van der Waals surface area contributed by atoms with Crippen molar-refractivity contribution in [3.05, 3.63) is 88.1 Å². The Morgan fingerprint density at radius 3 is 2.64 bits per heavy atom. The number of aromatic nitrogens is 6. The zero-order chi connectivity index (χ0) is 33.3. The maximum absolute atomic E-state index is 13.4. The summed E-state index contributed by atoms with van der Waals surface area (Å²) in [5.41, 5.74) is 3.86. The van der Waals surface area contributed by atoms with E-state index in [0.717, 1.165) is 24.0 Å². The van der Waals surface area contributed by atoms with E-state index in [-0.39, 0.29) is 11.8 Å². The number of aromatic amines is 1. The van der Waals surface area contributed by atoms with Crippen LogP contribution in [-0.2, 0) is 14.3 Å². The van der Waals surface area contributed by atoms with E-state index in [2.05, 4.69) is 41.1 Å². The normalized spacial score (nSPS) is 15.2. The Morgan fingerprint density at radius 2 is 1.91 bits per heavy atom. The minimum absolute atomic E-state index is 0.0289. The Kier molecular flexibility index (Phi) is 10.3. The third-order valence-electron chi connectivity index (χ3n) is 7.84. The number of anilines is 1. The smallest absolute Gasteiger partial charge is 0.411 e. The number of rotatable bonds is 9. The minimum atomic E-state index is -0.614. The molecule has 47 heavy (non-hydrogen) atoms. The number of piperidine rings is 1. The summed E-state index contributed by atoms with van der Waals surface area (Å²) in [6.07, 6.45) is 5.64. The number of nitrogens with zero attached hydrogens (tertiary/aromatic N) is 6. The van der Waals surface area contributed by atoms with Crippen molar-refractivity contribution in [3.8, 4) is 16.8 Å². The fourth-order valence-corrected chi connectivity index (χ4v) is 5.53. The third-order valence-corrected chi connectivity index (χ3v) is 7.84. The largest absolute Gasteiger partial charge is 0.453 e. The van der Waals surface area contributed by atoms with Crippen LogP contribution < -0.4 is 16.2 Å². The van der Waals surface area contributed by atoms with Gasteiger partial charge in [0.2, 0.25) is 5.91 Å². The van der Waals surface area contributed by atoms with Crippen molar-refractivity contribution in [2.24, 2.45) is 5.92 Å². The highest BCUT2D eigenvalue weighted by atomic mass is 16.5. The molecule has 5 rings (SSSR count). The van der Waals surface area contributed by atoms with Crippen LogP contribution in [0.5, 0.6) is 0 Å². The quantitative estimate of drug-likeness (QED) is 0.228. The lowest BCUT2D eigenvalue weighted by molar-refractivity contribution is -0.117. The standard InChI is InChI=1S/C32H35N9O6/c1-20-6-12-28(41-19-33-38-39-41)23(15-20)9-13-29(42)35-26(16-21-5-4-14-40(18-21)32(45)47-3)27-17-25(30(43)37-36-27)22-7-10-24(11-8-22)34-31(44)46-2/h6-13,15,17,19,21,26H,4-5,14,16,18H2,1-3H3,(H,34,44)(H,35,42)(H,37,43)/b13-9+/t21?,26-/m0/s1. The molecule has 3 amide bonds. The van der Waals surface area contributed by atoms with Crippen molar-refractivity contribution in [1.29, 1.82) is 0 Å². The number of benzene rings is 2. The monoisotopic (exact) mass is 641 g/mol. The van der Waals surface area contributed by atoms with Gasteiger partial charge in [-0.2, -0.15) is 9.78 Å². The van der Waals surface area contributed by atoms with Gasteiger partial charge in [0.15, 0.2) is 0 Å². The van der Waals surface area contributed by atoms with Gasteiger partial charge in [-0.05, 0) is 84.5 Å². The first kappa shape index (κ1) is 32.5. The van der Waals surface area contributed by atoms with Crippen molar-refractivity contribution in [1.82, 2.24) is 40.6 Å². The van der Waals surface area contributed by atoms with Gasteiger partial charge in [-0.15, -0.1) is 5.10 Å². The predicted octanol–water partition coefficient (Wildman–Crippen LogP) is 3.64. The average molecular weight is 642 g/mol. The van der Waals surface area contributed by atoms with E-state index in [9.17, 15) is 19.2 Å². The second-order valence-electron chi connectivity index (χ2n) is 11.1. The Morgan fingerprint density at radius 1 is 1.11 bits per heavy atom. The molecule has 1 aliphatic rings. The summed E-state index contributed by atoms with van der Waals surface area (Å²) < 4.78 is 11.1. The van der Waals surface area contributed by atoms with Gasteiger partial charge < -0.3 is 19.7 Å². The number of methoxy groups -OCH3 is 2. The number of carbonyl (C=O) groups excluding carboxylic acids is 3. The summed E-state index contributed by atoms with van der Waals surface area (Å²) in [7, 11) is 2.62. The van der Waals surface area contributed by atoms with Crippen LogP contribution in [0.3, 0.4) is 0 Å². The van der Waals surface area contributed by atoms with E-state index in [1.54, 1.807) is 41.3 Å². The molecule has 1 saturated heterocycles. The number of aryl methyl sites for hydroxylation is 1. The number of amides is 3. The molecule has 0 saturated carbocycles. The van der Waals surface area contributed by atoms with Gasteiger partial charge in [-0.1, -0.05) is 23.8 Å². The van der Waals surface area contributed by atoms with E-state index in [1.807, 2.05) is 25.1 Å². The van der Waals surface area contributed by atoms with Gasteiger partial charge in [0.25, 0.3) is 5.56 Å². The molecular weight excluding hydrogens is 606 g/mol. The predicted molar refractivity (Wildman–Crippen MR) is 171 cm³/mol. The van der Waals surface area contributed by atoms with Crippen LogP contribution >= 0.6 is 0 Å². The molecule has 4 aromatic rings. The van der Waals surface area contributed by atoms with Crippen molar-refractivity contribution in [2.45, 2.75) is 32.2 Å². The lowest BCUT2D eigenvalue weighted by atomic mass is 9.89. The molecule has 2 aromatic heterocycles. The van der Waals surface area contributed by atoms with Crippen LogP contribution in [0.4, 0.5) is 15.3 Å². The molecule has 2 aromatic carbocycles. The van der Waals surface area contributed by atoms with Crippen LogP contribution in [0.25, 0.3) is 22.9 Å². The first-order valence-electron chi connectivity index (χ1n) is 14.9. The highest BCUT2D eigenvalue weighted by Crippen LogP contribution is 2.29. The number of tetrazole rings is 1. The molecule has 1 aliphatic heterocycles. The molecule has 15 nitrogen and oxygen atoms in total. The molecule has 3 heterocycles. The molecular formula is C32H35N9O6. The lowest BCUT2D eigenvalue weighted by Crippen LogP contribution is -2.41. The number of hydrogen-bond donors (Lipinski definition) is 3. The second-order valence-corrected chi connectivity index (χ2v) is 11.1. The number of carbonyl (C=O) groups is 3. The van der Waals surface area contributed by atoms with Gasteiger partial charge >= 0.3 is 12.2 Å². The highest BCUT2D eigenvalue weighted by Gasteiger charge is 2.28. The summed E-state index contributed by atoms with van der Waals surface area (Å²) in [4.78, 5) is 51.8. The summed E-state index contributed by atoms with van der Waals surface area (Å²) in [6, 6.07) is 13.4. The molecule has 0 aliphatic carbocycles. The van der Waals surface area contributed by atoms with E-state index >= 15 is 0 Å². The first-order chi connectivity index (χ1) is 22.7. The maximum atomic E-state index is 13.4. The van der Waals surface area contributed by atoms with Gasteiger partial charge in [-0.3, -0.25) is 14.9 Å². The van der Waals surface area contributed by atoms with Crippen LogP contribution in [0, 0.1) is 12.8 Å². The van der Waals surface area contributed by atoms with Crippen LogP contribution in [0.2, 0.25) is 0 Å². The summed E-state index contributed by atoms with van der Waals surface area (Å²) >= 11 is 0. The second kappa shape index (κ2) is 14.9. The molecule has 0 radical (unpaired) electrons. The highest BCUT2D eigenvalue weighted by molar-refractivity contribution is 5.92. The molecule has 15 heteroatoms. The van der Waals surface area contributed by atoms with Crippen molar-refractivity contribution >= 4 is 29.9 Å². The Labute approximate surface area is 270 Å². The topological polar surface area (TPSA) is 186 Å². The summed E-state index contributed by atoms with van der Waals surface area (Å²) in [6.45, 7) is 2.99. The first-order valence-corrected chi connectivity index (χ1v) is 14.9. The van der Waals surface area contributed by atoms with Crippen molar-refractivity contribution < 1.29 is 23.9 Å². The molecule has 2 atom stereocenters. The SMILES string of the molecule is COC(=O)Nc1ccc(-c2cc([C@H](CC3CCCN(C(=O)OC)C3)NC(=O)/C=C/c3cc(C)ccc3-n3cnnn3)n[nH]c2=O)cc1. The third kappa shape index (κ3) is 8.25. The Hall–Kier alpha value is -5.86. The zero-order valence-corrected chi connectivity index (χ0v) is 26.2. The van der Waals surface area contributed by atoms with Crippen LogP contribution in [-0.4, -0.2) is 80.7 Å². The number of ether oxygens (including phenoxy) is 2.